The Balaban J connectivity index is 1.43. The van der Waals surface area contributed by atoms with Crippen molar-refractivity contribution in [3.63, 3.8) is 0 Å². The number of ether oxygens (including phenoxy) is 1. The molecular formula is C24H24N4O3. The molecule has 1 amide bonds. The molecule has 3 N–H and O–H groups in total. The fourth-order valence-corrected chi connectivity index (χ4v) is 4.15. The molecule has 31 heavy (non-hydrogen) atoms. The number of fused-ring (bicyclic) bond motifs is 2. The van der Waals surface area contributed by atoms with E-state index in [0.717, 1.165) is 45.1 Å². The summed E-state index contributed by atoms with van der Waals surface area (Å²) in [6, 6.07) is 18.3. The molecule has 2 heterocycles. The van der Waals surface area contributed by atoms with Crippen LogP contribution >= 0.6 is 0 Å². The molecule has 7 nitrogen and oxygen atoms in total. The van der Waals surface area contributed by atoms with Gasteiger partial charge in [0, 0.05) is 30.6 Å². The lowest BCUT2D eigenvalue weighted by molar-refractivity contribution is -0.124. The number of rotatable bonds is 6. The molecule has 4 aromatic rings. The number of hydrogen-bond acceptors (Lipinski definition) is 5. The number of hydrogen-bond donors (Lipinski definition) is 3. The van der Waals surface area contributed by atoms with E-state index in [1.807, 2.05) is 41.4 Å². The summed E-state index contributed by atoms with van der Waals surface area (Å²) in [5.74, 6) is 0.711. The molecular weight excluding hydrogens is 392 g/mol. The van der Waals surface area contributed by atoms with Gasteiger partial charge in [0.25, 0.3) is 0 Å². The number of aliphatic hydroxyl groups is 1. The van der Waals surface area contributed by atoms with Gasteiger partial charge in [0.15, 0.2) is 0 Å². The fraction of sp³-hybridized carbons (Fsp3) is 0.250. The molecule has 1 aliphatic heterocycles. The number of β-amino-alcohol motifs (C(OH)–C–C–N with tert-alkyl or cyclic N) is 1. The van der Waals surface area contributed by atoms with Gasteiger partial charge in [-0.1, -0.05) is 36.4 Å². The van der Waals surface area contributed by atoms with Crippen LogP contribution in [-0.4, -0.2) is 65.0 Å². The lowest BCUT2D eigenvalue weighted by Gasteiger charge is -2.28. The number of nitrogens with zero attached hydrogens (tertiary/aromatic N) is 2. The van der Waals surface area contributed by atoms with E-state index >= 15 is 0 Å². The molecule has 0 spiro atoms. The number of aromatic nitrogens is 2. The predicted octanol–water partition coefficient (Wildman–Crippen LogP) is 2.55. The number of aromatic amines is 1. The second kappa shape index (κ2) is 8.37. The second-order valence-electron chi connectivity index (χ2n) is 7.88. The normalized spacial score (nSPS) is 15.8. The highest BCUT2D eigenvalue weighted by Crippen LogP contribution is 2.38. The van der Waals surface area contributed by atoms with E-state index in [1.165, 1.54) is 0 Å². The highest BCUT2D eigenvalue weighted by atomic mass is 16.5. The Morgan fingerprint density at radius 3 is 2.94 bits per heavy atom. The summed E-state index contributed by atoms with van der Waals surface area (Å²) in [7, 11) is 0. The summed E-state index contributed by atoms with van der Waals surface area (Å²) < 4.78 is 6.12. The highest BCUT2D eigenvalue weighted by molar-refractivity contribution is 6.01. The van der Waals surface area contributed by atoms with Crippen molar-refractivity contribution >= 4 is 27.6 Å². The zero-order valence-corrected chi connectivity index (χ0v) is 17.0. The van der Waals surface area contributed by atoms with Crippen LogP contribution in [0.25, 0.3) is 32.8 Å². The highest BCUT2D eigenvalue weighted by Gasteiger charge is 2.20. The number of benzene rings is 3. The summed E-state index contributed by atoms with van der Waals surface area (Å²) in [6.07, 6.45) is 1.12. The number of nitrogens with one attached hydrogen (secondary N) is 2. The van der Waals surface area contributed by atoms with Crippen molar-refractivity contribution in [2.24, 2.45) is 0 Å². The Morgan fingerprint density at radius 1 is 1.13 bits per heavy atom. The molecule has 5 rings (SSSR count). The lowest BCUT2D eigenvalue weighted by atomic mass is 9.96. The van der Waals surface area contributed by atoms with E-state index in [0.29, 0.717) is 19.6 Å². The molecule has 158 valence electrons. The first-order valence-electron chi connectivity index (χ1n) is 10.4. The lowest BCUT2D eigenvalue weighted by Crippen LogP contribution is -2.50. The van der Waals surface area contributed by atoms with Crippen molar-refractivity contribution in [1.82, 2.24) is 20.4 Å². The van der Waals surface area contributed by atoms with Crippen LogP contribution in [-0.2, 0) is 4.79 Å². The maximum atomic E-state index is 11.6. The maximum Gasteiger partial charge on any atom is 0.234 e. The third kappa shape index (κ3) is 4.10. The minimum Gasteiger partial charge on any atom is -0.490 e. The van der Waals surface area contributed by atoms with Crippen LogP contribution in [0.15, 0.2) is 60.8 Å². The van der Waals surface area contributed by atoms with E-state index in [1.54, 1.807) is 0 Å². The smallest absolute Gasteiger partial charge is 0.234 e. The van der Waals surface area contributed by atoms with Gasteiger partial charge >= 0.3 is 0 Å². The molecule has 1 unspecified atom stereocenters. The van der Waals surface area contributed by atoms with Gasteiger partial charge < -0.3 is 15.2 Å². The second-order valence-corrected chi connectivity index (χ2v) is 7.88. The average molecular weight is 416 g/mol. The van der Waals surface area contributed by atoms with E-state index in [9.17, 15) is 9.90 Å². The summed E-state index contributed by atoms with van der Waals surface area (Å²) in [5.41, 5.74) is 3.00. The van der Waals surface area contributed by atoms with Gasteiger partial charge in [-0.25, -0.2) is 0 Å². The summed E-state index contributed by atoms with van der Waals surface area (Å²) in [6.45, 7) is 2.20. The van der Waals surface area contributed by atoms with Crippen LogP contribution < -0.4 is 10.1 Å². The Labute approximate surface area is 179 Å². The van der Waals surface area contributed by atoms with E-state index in [-0.39, 0.29) is 12.5 Å². The van der Waals surface area contributed by atoms with Crippen LogP contribution in [0.3, 0.4) is 0 Å². The number of H-pyrrole nitrogens is 1. The van der Waals surface area contributed by atoms with Crippen molar-refractivity contribution in [2.45, 2.75) is 6.10 Å². The first-order chi connectivity index (χ1) is 15.2. The zero-order chi connectivity index (χ0) is 21.2. The predicted molar refractivity (Wildman–Crippen MR) is 120 cm³/mol. The number of aliphatic hydroxyl groups excluding tert-OH is 1. The molecule has 1 aliphatic rings. The standard InChI is InChI=1S/C24H24N4O3/c29-19(13-28-10-9-25-23(30)14-28)15-31-22-8-6-16-3-1-2-4-20(16)24(22)17-5-7-21-18(11-17)12-26-27-21/h1-8,11-12,19,29H,9-10,13-15H2,(H,25,30)(H,26,27). The Hall–Kier alpha value is -3.42. The van der Waals surface area contributed by atoms with Gasteiger partial charge in [0.05, 0.1) is 18.3 Å². The quantitative estimate of drug-likeness (QED) is 0.449. The third-order valence-electron chi connectivity index (χ3n) is 5.64. The molecule has 0 saturated carbocycles. The first-order valence-corrected chi connectivity index (χ1v) is 10.4. The van der Waals surface area contributed by atoms with Crippen molar-refractivity contribution in [3.8, 4) is 16.9 Å². The van der Waals surface area contributed by atoms with Crippen LogP contribution in [0.1, 0.15) is 0 Å². The minimum atomic E-state index is -0.693. The minimum absolute atomic E-state index is 0.00850. The van der Waals surface area contributed by atoms with Crippen molar-refractivity contribution in [3.05, 3.63) is 60.8 Å². The molecule has 1 atom stereocenters. The number of piperazine rings is 1. The number of amides is 1. The van der Waals surface area contributed by atoms with Crippen molar-refractivity contribution in [2.75, 3.05) is 32.8 Å². The molecule has 7 heteroatoms. The van der Waals surface area contributed by atoms with Gasteiger partial charge in [-0.3, -0.25) is 14.8 Å². The SMILES string of the molecule is O=C1CN(CC(O)COc2ccc3ccccc3c2-c2ccc3[nH]ncc3c2)CCN1. The maximum absolute atomic E-state index is 11.6. The van der Waals surface area contributed by atoms with Crippen molar-refractivity contribution < 1.29 is 14.6 Å². The van der Waals surface area contributed by atoms with Gasteiger partial charge in [0.1, 0.15) is 18.5 Å². The van der Waals surface area contributed by atoms with Gasteiger partial charge in [-0.15, -0.1) is 0 Å². The van der Waals surface area contributed by atoms with E-state index in [4.69, 9.17) is 4.74 Å². The van der Waals surface area contributed by atoms with Crippen LogP contribution in [0.5, 0.6) is 5.75 Å². The van der Waals surface area contributed by atoms with Gasteiger partial charge in [-0.05, 0) is 34.5 Å². The van der Waals surface area contributed by atoms with E-state index in [2.05, 4.69) is 39.8 Å². The molecule has 0 bridgehead atoms. The summed E-state index contributed by atoms with van der Waals surface area (Å²) in [4.78, 5) is 13.5. The van der Waals surface area contributed by atoms with Gasteiger partial charge in [0.2, 0.25) is 5.91 Å². The fourth-order valence-electron chi connectivity index (χ4n) is 4.15. The molecule has 1 saturated heterocycles. The van der Waals surface area contributed by atoms with Crippen LogP contribution in [0.2, 0.25) is 0 Å². The Morgan fingerprint density at radius 2 is 2.03 bits per heavy atom. The monoisotopic (exact) mass is 416 g/mol. The molecule has 3 aromatic carbocycles. The molecule has 0 radical (unpaired) electrons. The Kier molecular flexibility index (Phi) is 5.28. The van der Waals surface area contributed by atoms with Crippen LogP contribution in [0.4, 0.5) is 0 Å². The van der Waals surface area contributed by atoms with Crippen LogP contribution in [0, 0.1) is 0 Å². The molecule has 1 fully saturated rings. The number of carbonyl (C=O) groups is 1. The largest absolute Gasteiger partial charge is 0.490 e. The number of carbonyl (C=O) groups excluding carboxylic acids is 1. The zero-order valence-electron chi connectivity index (χ0n) is 17.0. The summed E-state index contributed by atoms with van der Waals surface area (Å²) in [5, 5.41) is 23.7. The molecule has 1 aromatic heterocycles. The Bertz CT molecular complexity index is 1240. The summed E-state index contributed by atoms with van der Waals surface area (Å²) >= 11 is 0. The molecule has 0 aliphatic carbocycles. The van der Waals surface area contributed by atoms with Gasteiger partial charge in [-0.2, -0.15) is 5.10 Å². The first kappa shape index (κ1) is 19.5. The topological polar surface area (TPSA) is 90.5 Å². The van der Waals surface area contributed by atoms with E-state index < -0.39 is 6.10 Å². The third-order valence-corrected chi connectivity index (χ3v) is 5.64. The average Bonchev–Trinajstić information content (AvgIpc) is 3.25. The van der Waals surface area contributed by atoms with Crippen molar-refractivity contribution in [1.29, 1.82) is 0 Å².